The molecular weight excluding hydrogens is 227 g/mol. The van der Waals surface area contributed by atoms with Crippen LogP contribution in [-0.2, 0) is 0 Å². The Morgan fingerprint density at radius 1 is 1.33 bits per heavy atom. The fourth-order valence-corrected chi connectivity index (χ4v) is 0.109. The molecule has 0 rings (SSSR count). The van der Waals surface area contributed by atoms with Crippen LogP contribution in [-0.4, -0.2) is 5.25 Å². The molecule has 0 N–H and O–H groups in total. The third kappa shape index (κ3) is 55.4. The summed E-state index contributed by atoms with van der Waals surface area (Å²) >= 11 is 4.27. The van der Waals surface area contributed by atoms with E-state index >= 15 is 0 Å². The van der Waals surface area contributed by atoms with Crippen molar-refractivity contribution in [1.29, 1.82) is 0 Å². The number of thiol groups is 1. The average Bonchev–Trinajstić information content (AvgIpc) is 2.33. The largest absolute Gasteiger partial charge is 0.165 e. The van der Waals surface area contributed by atoms with Crippen LogP contribution in [0.2, 0.25) is 0 Å². The van der Waals surface area contributed by atoms with Crippen LogP contribution in [0.1, 0.15) is 48.5 Å². The Morgan fingerprint density at radius 2 is 1.60 bits per heavy atom. The van der Waals surface area contributed by atoms with Crippen molar-refractivity contribution in [2.75, 3.05) is 0 Å². The molecule has 0 saturated heterocycles. The van der Waals surface area contributed by atoms with Crippen molar-refractivity contribution in [2.45, 2.75) is 53.7 Å². The summed E-state index contributed by atoms with van der Waals surface area (Å²) in [5.74, 6) is 0. The van der Waals surface area contributed by atoms with E-state index in [4.69, 9.17) is 0 Å². The molecule has 0 aromatic rings. The molecule has 0 aliphatic carbocycles. The minimum atomic E-state index is -0.0509. The number of hydrogen-bond donors (Lipinski definition) is 1. The van der Waals surface area contributed by atoms with Crippen LogP contribution in [0.3, 0.4) is 0 Å². The molecule has 0 fully saturated rings. The first-order valence-electron chi connectivity index (χ1n) is 5.30. The van der Waals surface area contributed by atoms with Crippen LogP contribution in [0.5, 0.6) is 0 Å². The predicted molar refractivity (Wildman–Crippen MR) is 79.5 cm³/mol. The van der Waals surface area contributed by atoms with Gasteiger partial charge in [0.25, 0.3) is 0 Å². The van der Waals surface area contributed by atoms with Crippen molar-refractivity contribution in [2.24, 2.45) is 0 Å². The third-order valence-corrected chi connectivity index (χ3v) is 1.62. The predicted octanol–water partition coefficient (Wildman–Crippen LogP) is 6.07. The summed E-state index contributed by atoms with van der Waals surface area (Å²) in [6, 6.07) is 0. The van der Waals surface area contributed by atoms with Gasteiger partial charge in [-0.1, -0.05) is 39.8 Å². The van der Waals surface area contributed by atoms with Gasteiger partial charge in [-0.05, 0) is 25.7 Å². The standard InChI is InChI=1S/C4H7FS.C4H8S.2C2H6/c1-3-4(2)6-5;1-3-4(2)5;2*1-2/h3-4H,1H2,2H3;3,5H,1-2H3;2*1-2H3/b;4-3+;;. The fourth-order valence-electron chi connectivity index (χ4n) is 0.0364. The van der Waals surface area contributed by atoms with Gasteiger partial charge >= 0.3 is 0 Å². The maximum absolute atomic E-state index is 11.2. The quantitative estimate of drug-likeness (QED) is 0.461. The molecule has 0 aromatic carbocycles. The number of hydrogen-bond acceptors (Lipinski definition) is 2. The first-order valence-corrected chi connectivity index (χ1v) is 6.53. The zero-order valence-electron chi connectivity index (χ0n) is 11.2. The second-order valence-electron chi connectivity index (χ2n) is 1.96. The molecular formula is C12H27FS2. The van der Waals surface area contributed by atoms with Gasteiger partial charge in [-0.3, -0.25) is 0 Å². The Kier molecular flexibility index (Phi) is 47.5. The highest BCUT2D eigenvalue weighted by atomic mass is 32.2. The molecule has 0 saturated carbocycles. The van der Waals surface area contributed by atoms with Crippen LogP contribution >= 0.6 is 24.8 Å². The van der Waals surface area contributed by atoms with E-state index in [2.05, 4.69) is 19.2 Å². The highest BCUT2D eigenvalue weighted by Gasteiger charge is 1.89. The molecule has 1 unspecified atom stereocenters. The van der Waals surface area contributed by atoms with E-state index in [0.717, 1.165) is 4.91 Å². The number of allylic oxidation sites excluding steroid dienone is 2. The van der Waals surface area contributed by atoms with E-state index in [1.807, 2.05) is 47.6 Å². The third-order valence-electron chi connectivity index (χ3n) is 0.890. The van der Waals surface area contributed by atoms with Crippen molar-refractivity contribution in [1.82, 2.24) is 0 Å². The second kappa shape index (κ2) is 29.2. The Hall–Kier alpha value is 0.110. The zero-order chi connectivity index (χ0) is 13.3. The van der Waals surface area contributed by atoms with Gasteiger partial charge in [-0.25, -0.2) is 0 Å². The van der Waals surface area contributed by atoms with Crippen molar-refractivity contribution in [3.8, 4) is 0 Å². The van der Waals surface area contributed by atoms with Gasteiger partial charge in [0.05, 0.1) is 17.4 Å². The Labute approximate surface area is 106 Å². The van der Waals surface area contributed by atoms with Gasteiger partial charge in [0.1, 0.15) is 0 Å². The second-order valence-corrected chi connectivity index (χ2v) is 3.59. The van der Waals surface area contributed by atoms with Crippen LogP contribution in [0.4, 0.5) is 3.89 Å². The molecule has 0 aliphatic rings. The van der Waals surface area contributed by atoms with E-state index in [0.29, 0.717) is 12.1 Å². The summed E-state index contributed by atoms with van der Waals surface area (Å²) in [7, 11) is 0. The lowest BCUT2D eigenvalue weighted by Crippen LogP contribution is -1.80. The Balaban J connectivity index is -0.0000000610. The summed E-state index contributed by atoms with van der Waals surface area (Å²) in [5, 5.41) is -0.0509. The normalized spacial score (nSPS) is 10.3. The molecule has 94 valence electrons. The minimum Gasteiger partial charge on any atom is -0.165 e. The summed E-state index contributed by atoms with van der Waals surface area (Å²) < 4.78 is 11.2. The van der Waals surface area contributed by atoms with Crippen molar-refractivity contribution in [3.63, 3.8) is 0 Å². The van der Waals surface area contributed by atoms with Gasteiger partial charge in [0.15, 0.2) is 0 Å². The molecule has 0 spiro atoms. The monoisotopic (exact) mass is 254 g/mol. The van der Waals surface area contributed by atoms with Gasteiger partial charge in [-0.15, -0.1) is 19.2 Å². The average molecular weight is 254 g/mol. The zero-order valence-corrected chi connectivity index (χ0v) is 12.9. The molecule has 15 heavy (non-hydrogen) atoms. The summed E-state index contributed by atoms with van der Waals surface area (Å²) in [6.07, 6.45) is 3.51. The highest BCUT2D eigenvalue weighted by molar-refractivity contribution is 7.95. The molecule has 1 atom stereocenters. The first kappa shape index (κ1) is 24.4. The molecule has 0 amide bonds. The lowest BCUT2D eigenvalue weighted by molar-refractivity contribution is 0.921. The van der Waals surface area contributed by atoms with E-state index in [1.54, 1.807) is 13.0 Å². The lowest BCUT2D eigenvalue weighted by atomic mass is 10.5. The van der Waals surface area contributed by atoms with Gasteiger partial charge < -0.3 is 0 Å². The number of rotatable bonds is 2. The molecule has 0 heterocycles. The van der Waals surface area contributed by atoms with Crippen molar-refractivity contribution in [3.05, 3.63) is 23.6 Å². The first-order chi connectivity index (χ1) is 7.08. The molecule has 0 aromatic heterocycles. The lowest BCUT2D eigenvalue weighted by Gasteiger charge is -1.88. The summed E-state index contributed by atoms with van der Waals surface area (Å²) in [4.78, 5) is 1.07. The van der Waals surface area contributed by atoms with Crippen LogP contribution < -0.4 is 0 Å². The molecule has 0 bridgehead atoms. The van der Waals surface area contributed by atoms with Gasteiger partial charge in [0, 0.05) is 0 Å². The van der Waals surface area contributed by atoms with E-state index in [-0.39, 0.29) is 5.25 Å². The SMILES string of the molecule is C/C=C(\C)S.C=CC(C)SF.CC.CC. The maximum atomic E-state index is 11.2. The topological polar surface area (TPSA) is 0 Å². The number of halogens is 1. The molecule has 3 heteroatoms. The summed E-state index contributed by atoms with van der Waals surface area (Å²) in [5.41, 5.74) is 0. The van der Waals surface area contributed by atoms with E-state index in [9.17, 15) is 3.89 Å². The van der Waals surface area contributed by atoms with Gasteiger partial charge in [0.2, 0.25) is 0 Å². The van der Waals surface area contributed by atoms with Crippen molar-refractivity contribution < 1.29 is 3.89 Å². The van der Waals surface area contributed by atoms with Crippen LogP contribution in [0, 0.1) is 0 Å². The Bertz CT molecular complexity index is 119. The molecule has 0 nitrogen and oxygen atoms in total. The summed E-state index contributed by atoms with van der Waals surface area (Å²) in [6.45, 7) is 17.0. The maximum Gasteiger partial charge on any atom is 0.0516 e. The highest BCUT2D eigenvalue weighted by Crippen LogP contribution is 2.09. The smallest absolute Gasteiger partial charge is 0.0516 e. The van der Waals surface area contributed by atoms with Crippen LogP contribution in [0.25, 0.3) is 0 Å². The minimum absolute atomic E-state index is 0.0509. The molecule has 0 radical (unpaired) electrons. The van der Waals surface area contributed by atoms with E-state index in [1.165, 1.54) is 0 Å². The van der Waals surface area contributed by atoms with Crippen LogP contribution in [0.15, 0.2) is 23.6 Å². The Morgan fingerprint density at radius 3 is 1.60 bits per heavy atom. The fraction of sp³-hybridized carbons (Fsp3) is 0.667. The molecule has 0 aliphatic heterocycles. The van der Waals surface area contributed by atoms with Gasteiger partial charge in [-0.2, -0.15) is 3.89 Å². The van der Waals surface area contributed by atoms with Crippen molar-refractivity contribution >= 4 is 24.8 Å². The van der Waals surface area contributed by atoms with E-state index < -0.39 is 0 Å².